The van der Waals surface area contributed by atoms with Crippen molar-refractivity contribution in [3.05, 3.63) is 24.2 Å². The SMILES string of the molecule is CC(C)(C)[Si](C)(C)OCCN1CCCC(c2nnc(N)c3cnccc23)C1. The Bertz CT molecular complexity index is 790. The van der Waals surface area contributed by atoms with Gasteiger partial charge in [0, 0.05) is 48.8 Å². The number of hydrogen-bond donors (Lipinski definition) is 1. The van der Waals surface area contributed by atoms with Crippen molar-refractivity contribution in [2.75, 3.05) is 32.0 Å². The molecule has 0 amide bonds. The summed E-state index contributed by atoms with van der Waals surface area (Å²) in [4.78, 5) is 6.69. The van der Waals surface area contributed by atoms with E-state index in [4.69, 9.17) is 10.2 Å². The molecule has 0 spiro atoms. The number of nitrogens with zero attached hydrogens (tertiary/aromatic N) is 4. The summed E-state index contributed by atoms with van der Waals surface area (Å²) in [5.41, 5.74) is 7.04. The molecule has 0 saturated carbocycles. The molecule has 0 aromatic carbocycles. The molecule has 0 radical (unpaired) electrons. The maximum Gasteiger partial charge on any atom is 0.192 e. The average molecular weight is 388 g/mol. The second-order valence-corrected chi connectivity index (χ2v) is 13.9. The van der Waals surface area contributed by atoms with E-state index in [1.54, 1.807) is 12.4 Å². The molecule has 1 fully saturated rings. The van der Waals surface area contributed by atoms with E-state index in [1.165, 1.54) is 6.42 Å². The Hall–Kier alpha value is -1.57. The highest BCUT2D eigenvalue weighted by molar-refractivity contribution is 6.74. The fraction of sp³-hybridized carbons (Fsp3) is 0.650. The van der Waals surface area contributed by atoms with Gasteiger partial charge in [-0.15, -0.1) is 5.10 Å². The van der Waals surface area contributed by atoms with Crippen LogP contribution in [0, 0.1) is 0 Å². The van der Waals surface area contributed by atoms with Gasteiger partial charge < -0.3 is 15.1 Å². The first-order chi connectivity index (χ1) is 12.7. The van der Waals surface area contributed by atoms with Gasteiger partial charge in [0.2, 0.25) is 0 Å². The number of piperidine rings is 1. The summed E-state index contributed by atoms with van der Waals surface area (Å²) in [5.74, 6) is 0.835. The molecule has 1 atom stereocenters. The van der Waals surface area contributed by atoms with Crippen molar-refractivity contribution in [1.29, 1.82) is 0 Å². The van der Waals surface area contributed by atoms with Crippen LogP contribution in [-0.2, 0) is 4.43 Å². The first-order valence-electron chi connectivity index (χ1n) is 9.91. The van der Waals surface area contributed by atoms with Crippen LogP contribution in [0.3, 0.4) is 0 Å². The lowest BCUT2D eigenvalue weighted by atomic mass is 9.92. The molecular formula is C20H33N5OSi. The standard InChI is InChI=1S/C20H33N5OSi/c1-20(2,3)27(4,5)26-12-11-25-10-6-7-15(14-25)18-16-8-9-22-13-17(16)19(21)24-23-18/h8-9,13,15H,6-7,10-12,14H2,1-5H3,(H2,21,24). The van der Waals surface area contributed by atoms with Crippen molar-refractivity contribution in [2.45, 2.75) is 57.7 Å². The first kappa shape index (κ1) is 20.2. The number of likely N-dealkylation sites (tertiary alicyclic amines) is 1. The van der Waals surface area contributed by atoms with E-state index >= 15 is 0 Å². The molecule has 0 aliphatic carbocycles. The van der Waals surface area contributed by atoms with Crippen molar-refractivity contribution in [3.63, 3.8) is 0 Å². The zero-order valence-electron chi connectivity index (χ0n) is 17.3. The molecule has 3 heterocycles. The molecule has 0 bridgehead atoms. The number of nitrogens with two attached hydrogens (primary N) is 1. The minimum Gasteiger partial charge on any atom is -0.416 e. The lowest BCUT2D eigenvalue weighted by Gasteiger charge is -2.38. The van der Waals surface area contributed by atoms with Crippen molar-refractivity contribution < 1.29 is 4.43 Å². The molecule has 2 aromatic rings. The molecular weight excluding hydrogens is 354 g/mol. The summed E-state index contributed by atoms with van der Waals surface area (Å²) in [7, 11) is -1.68. The Morgan fingerprint density at radius 3 is 2.78 bits per heavy atom. The molecule has 1 aliphatic heterocycles. The maximum atomic E-state index is 6.37. The normalized spacial score (nSPS) is 19.5. The molecule has 6 nitrogen and oxygen atoms in total. The summed E-state index contributed by atoms with van der Waals surface area (Å²) < 4.78 is 6.37. The van der Waals surface area contributed by atoms with Crippen LogP contribution in [0.25, 0.3) is 10.8 Å². The summed E-state index contributed by atoms with van der Waals surface area (Å²) in [5, 5.41) is 10.9. The highest BCUT2D eigenvalue weighted by atomic mass is 28.4. The first-order valence-corrected chi connectivity index (χ1v) is 12.8. The van der Waals surface area contributed by atoms with Gasteiger partial charge in [0.25, 0.3) is 0 Å². The number of aromatic nitrogens is 3. The Balaban J connectivity index is 1.66. The van der Waals surface area contributed by atoms with E-state index in [9.17, 15) is 0 Å². The number of hydrogen-bond acceptors (Lipinski definition) is 6. The van der Waals surface area contributed by atoms with Crippen LogP contribution >= 0.6 is 0 Å². The Kier molecular flexibility index (Phi) is 5.84. The fourth-order valence-electron chi connectivity index (χ4n) is 3.47. The van der Waals surface area contributed by atoms with Crippen molar-refractivity contribution in [3.8, 4) is 0 Å². The summed E-state index contributed by atoms with van der Waals surface area (Å²) in [6, 6.07) is 2.01. The van der Waals surface area contributed by atoms with Gasteiger partial charge in [-0.3, -0.25) is 4.98 Å². The number of rotatable bonds is 5. The minimum atomic E-state index is -1.68. The predicted molar refractivity (Wildman–Crippen MR) is 113 cm³/mol. The summed E-state index contributed by atoms with van der Waals surface area (Å²) in [6.45, 7) is 15.4. The highest BCUT2D eigenvalue weighted by Crippen LogP contribution is 2.36. The average Bonchev–Trinajstić information content (AvgIpc) is 2.61. The van der Waals surface area contributed by atoms with Crippen LogP contribution in [0.1, 0.15) is 45.2 Å². The van der Waals surface area contributed by atoms with Crippen molar-refractivity contribution >= 4 is 24.9 Å². The second-order valence-electron chi connectivity index (χ2n) is 9.14. The van der Waals surface area contributed by atoms with Crippen molar-refractivity contribution in [2.24, 2.45) is 0 Å². The van der Waals surface area contributed by atoms with Gasteiger partial charge in [-0.25, -0.2) is 0 Å². The van der Waals surface area contributed by atoms with Crippen LogP contribution in [0.4, 0.5) is 5.82 Å². The van der Waals surface area contributed by atoms with Gasteiger partial charge in [0.1, 0.15) is 0 Å². The fourth-order valence-corrected chi connectivity index (χ4v) is 4.50. The van der Waals surface area contributed by atoms with Crippen LogP contribution in [0.2, 0.25) is 18.1 Å². The third-order valence-corrected chi connectivity index (χ3v) is 10.7. The smallest absolute Gasteiger partial charge is 0.192 e. The second kappa shape index (κ2) is 7.81. The zero-order valence-corrected chi connectivity index (χ0v) is 18.3. The molecule has 1 saturated heterocycles. The Morgan fingerprint density at radius 1 is 1.26 bits per heavy atom. The molecule has 7 heteroatoms. The lowest BCUT2D eigenvalue weighted by Crippen LogP contribution is -2.44. The van der Waals surface area contributed by atoms with Crippen LogP contribution in [0.15, 0.2) is 18.5 Å². The third-order valence-electron chi connectivity index (χ3n) is 6.21. The molecule has 148 valence electrons. The van der Waals surface area contributed by atoms with E-state index < -0.39 is 8.32 Å². The van der Waals surface area contributed by atoms with Gasteiger partial charge in [0.05, 0.1) is 5.69 Å². The molecule has 3 rings (SSSR count). The molecule has 2 N–H and O–H groups in total. The largest absolute Gasteiger partial charge is 0.416 e. The summed E-state index contributed by atoms with van der Waals surface area (Å²) in [6.07, 6.45) is 5.90. The van der Waals surface area contributed by atoms with Gasteiger partial charge in [-0.2, -0.15) is 5.10 Å². The highest BCUT2D eigenvalue weighted by Gasteiger charge is 2.37. The Labute approximate surface area is 163 Å². The zero-order chi connectivity index (χ0) is 19.7. The predicted octanol–water partition coefficient (Wildman–Crippen LogP) is 3.81. The molecule has 2 aromatic heterocycles. The van der Waals surface area contributed by atoms with E-state index in [0.717, 1.165) is 49.1 Å². The van der Waals surface area contributed by atoms with E-state index in [-0.39, 0.29) is 5.04 Å². The molecule has 1 aliphatic rings. The quantitative estimate of drug-likeness (QED) is 0.786. The van der Waals surface area contributed by atoms with Gasteiger partial charge >= 0.3 is 0 Å². The van der Waals surface area contributed by atoms with Crippen molar-refractivity contribution in [1.82, 2.24) is 20.1 Å². The van der Waals surface area contributed by atoms with Gasteiger partial charge in [-0.1, -0.05) is 20.8 Å². The van der Waals surface area contributed by atoms with Gasteiger partial charge in [-0.05, 0) is 43.6 Å². The molecule has 1 unspecified atom stereocenters. The van der Waals surface area contributed by atoms with Gasteiger partial charge in [0.15, 0.2) is 14.1 Å². The van der Waals surface area contributed by atoms with Crippen LogP contribution in [0.5, 0.6) is 0 Å². The van der Waals surface area contributed by atoms with Crippen LogP contribution < -0.4 is 5.73 Å². The molecule has 27 heavy (non-hydrogen) atoms. The minimum absolute atomic E-state index is 0.254. The lowest BCUT2D eigenvalue weighted by molar-refractivity contribution is 0.163. The van der Waals surface area contributed by atoms with E-state index in [1.807, 2.05) is 6.07 Å². The maximum absolute atomic E-state index is 6.37. The van der Waals surface area contributed by atoms with E-state index in [0.29, 0.717) is 11.7 Å². The summed E-state index contributed by atoms with van der Waals surface area (Å²) >= 11 is 0. The third kappa shape index (κ3) is 4.47. The number of anilines is 1. The Morgan fingerprint density at radius 2 is 2.04 bits per heavy atom. The number of nitrogen functional groups attached to an aromatic ring is 1. The number of pyridine rings is 1. The monoisotopic (exact) mass is 387 g/mol. The number of fused-ring (bicyclic) bond motifs is 1. The topological polar surface area (TPSA) is 77.2 Å². The van der Waals surface area contributed by atoms with Crippen LogP contribution in [-0.4, -0.2) is 54.6 Å². The van der Waals surface area contributed by atoms with E-state index in [2.05, 4.69) is 53.9 Å².